The Morgan fingerprint density at radius 3 is 1.00 bits per heavy atom. The van der Waals surface area contributed by atoms with Gasteiger partial charge in [0.05, 0.1) is 47.5 Å². The number of fused-ring (bicyclic) bond motifs is 24. The zero-order chi connectivity index (χ0) is 29.0. The fraction of sp³-hybridized carbons (Fsp3) is 0. The normalized spacial score (nSPS) is 11.6. The minimum absolute atomic E-state index is 0.732. The highest BCUT2D eigenvalue weighted by Gasteiger charge is 2.14. The monoisotopic (exact) mass is 572 g/mol. The molecule has 0 saturated heterocycles. The van der Waals surface area contributed by atoms with E-state index in [0.717, 1.165) is 67.8 Å². The molecule has 4 aromatic carbocycles. The van der Waals surface area contributed by atoms with Crippen LogP contribution in [0.1, 0.15) is 0 Å². The average Bonchev–Trinajstić information content (AvgIpc) is 3.92. The van der Waals surface area contributed by atoms with Crippen molar-refractivity contribution in [2.75, 3.05) is 0 Å². The first-order chi connectivity index (χ1) is 21.7. The minimum Gasteiger partial charge on any atom is -0.220 e. The molecule has 5 heterocycles. The Bertz CT molecular complexity index is 1860. The van der Waals surface area contributed by atoms with Crippen LogP contribution >= 0.6 is 0 Å². The molecule has 8 aromatic rings. The average molecular weight is 573 g/mol. The molecule has 1 aliphatic heterocycles. The van der Waals surface area contributed by atoms with Crippen molar-refractivity contribution in [3.05, 3.63) is 122 Å². The zero-order valence-electron chi connectivity index (χ0n) is 22.9. The summed E-state index contributed by atoms with van der Waals surface area (Å²) in [5, 5.41) is 35.5. The van der Waals surface area contributed by atoms with Crippen molar-refractivity contribution < 1.29 is 0 Å². The summed E-state index contributed by atoms with van der Waals surface area (Å²) in [6.07, 6.45) is 7.63. The van der Waals surface area contributed by atoms with Crippen molar-refractivity contribution in [1.29, 1.82) is 0 Å². The predicted octanol–water partition coefficient (Wildman–Crippen LogP) is 4.99. The van der Waals surface area contributed by atoms with E-state index in [1.807, 2.05) is 122 Å². The van der Waals surface area contributed by atoms with Gasteiger partial charge in [0.25, 0.3) is 0 Å². The molecule has 12 heteroatoms. The molecule has 0 atom stereocenters. The van der Waals surface area contributed by atoms with Gasteiger partial charge in [0, 0.05) is 22.3 Å². The maximum Gasteiger partial charge on any atom is 0.113 e. The van der Waals surface area contributed by atoms with Crippen LogP contribution in [0.4, 0.5) is 0 Å². The van der Waals surface area contributed by atoms with Crippen LogP contribution < -0.4 is 0 Å². The third-order valence-electron chi connectivity index (χ3n) is 7.60. The molecule has 0 fully saturated rings. The molecule has 208 valence electrons. The molecule has 0 unspecified atom stereocenters. The fourth-order valence-corrected chi connectivity index (χ4v) is 5.32. The molecule has 12 nitrogen and oxygen atoms in total. The molecule has 0 saturated carbocycles. The molecule has 44 heavy (non-hydrogen) atoms. The van der Waals surface area contributed by atoms with Crippen LogP contribution in [0.3, 0.4) is 0 Å². The van der Waals surface area contributed by atoms with Gasteiger partial charge in [-0.2, -0.15) is 0 Å². The van der Waals surface area contributed by atoms with Crippen molar-refractivity contribution in [3.8, 4) is 67.8 Å². The summed E-state index contributed by atoms with van der Waals surface area (Å²) in [6.45, 7) is 0. The topological polar surface area (TPSA) is 123 Å². The van der Waals surface area contributed by atoms with Crippen molar-refractivity contribution in [3.63, 3.8) is 0 Å². The van der Waals surface area contributed by atoms with E-state index in [1.54, 1.807) is 18.7 Å². The molecule has 9 rings (SSSR count). The quantitative estimate of drug-likeness (QED) is 0.249. The van der Waals surface area contributed by atoms with Gasteiger partial charge < -0.3 is 0 Å². The number of hydrogen-bond donors (Lipinski definition) is 0. The Hall–Kier alpha value is -6.56. The summed E-state index contributed by atoms with van der Waals surface area (Å²) >= 11 is 0. The number of benzene rings is 4. The summed E-state index contributed by atoms with van der Waals surface area (Å²) in [7, 11) is 0. The van der Waals surface area contributed by atoms with Crippen molar-refractivity contribution in [2.24, 2.45) is 0 Å². The first-order valence-electron chi connectivity index (χ1n) is 13.9. The number of hydrogen-bond acceptors (Lipinski definition) is 8. The molecular formula is C32H20N12. The van der Waals surface area contributed by atoms with Crippen molar-refractivity contribution in [1.82, 2.24) is 60.0 Å². The van der Waals surface area contributed by atoms with Crippen LogP contribution in [0.25, 0.3) is 67.8 Å². The molecule has 0 aliphatic carbocycles. The van der Waals surface area contributed by atoms with E-state index in [9.17, 15) is 0 Å². The highest BCUT2D eigenvalue weighted by atomic mass is 15.4. The predicted molar refractivity (Wildman–Crippen MR) is 161 cm³/mol. The van der Waals surface area contributed by atoms with Gasteiger partial charge >= 0.3 is 0 Å². The first-order valence-corrected chi connectivity index (χ1v) is 13.9. The molecule has 0 amide bonds. The van der Waals surface area contributed by atoms with Gasteiger partial charge in [0.2, 0.25) is 0 Å². The smallest absolute Gasteiger partial charge is 0.113 e. The number of aromatic nitrogens is 12. The number of nitrogens with zero attached hydrogens (tertiary/aromatic N) is 12. The standard InChI is InChI=1S/C32H20N12/c1-5-21-13-22(6-1)30-18-42(38-34-30)26-10-3-8-24(15-26)32-20-44(40-36-32)28-12-4-11-27(16-28)43-19-31(35-39-43)23-7-2-9-25(14-23)41-17-29(21)33-37-41/h1-20H. The Labute approximate surface area is 249 Å². The Morgan fingerprint density at radius 2 is 0.614 bits per heavy atom. The zero-order valence-corrected chi connectivity index (χ0v) is 22.9. The summed E-state index contributed by atoms with van der Waals surface area (Å²) in [5.41, 5.74) is 10.0. The first kappa shape index (κ1) is 24.1. The molecule has 1 aliphatic rings. The second kappa shape index (κ2) is 9.49. The van der Waals surface area contributed by atoms with Gasteiger partial charge in [-0.05, 0) is 48.5 Å². The van der Waals surface area contributed by atoms with Crippen LogP contribution in [0.5, 0.6) is 0 Å². The van der Waals surface area contributed by atoms with Gasteiger partial charge in [0.15, 0.2) is 0 Å². The lowest BCUT2D eigenvalue weighted by atomic mass is 10.1. The van der Waals surface area contributed by atoms with Crippen LogP contribution in [-0.4, -0.2) is 60.0 Å². The van der Waals surface area contributed by atoms with Gasteiger partial charge in [-0.25, -0.2) is 18.7 Å². The van der Waals surface area contributed by atoms with E-state index in [0.29, 0.717) is 0 Å². The molecule has 0 radical (unpaired) electrons. The molecule has 0 N–H and O–H groups in total. The summed E-state index contributed by atoms with van der Waals surface area (Å²) in [6, 6.07) is 31.9. The fourth-order valence-electron chi connectivity index (χ4n) is 5.32. The largest absolute Gasteiger partial charge is 0.220 e. The molecule has 16 bridgehead atoms. The maximum atomic E-state index is 4.46. The van der Waals surface area contributed by atoms with Gasteiger partial charge in [0.1, 0.15) is 22.8 Å². The molecule has 0 spiro atoms. The Morgan fingerprint density at radius 1 is 0.318 bits per heavy atom. The molecule has 4 aromatic heterocycles. The summed E-state index contributed by atoms with van der Waals surface area (Å²) < 4.78 is 7.01. The lowest BCUT2D eigenvalue weighted by molar-refractivity contribution is 0.786. The van der Waals surface area contributed by atoms with E-state index in [1.165, 1.54) is 0 Å². The third kappa shape index (κ3) is 4.09. The van der Waals surface area contributed by atoms with Gasteiger partial charge in [-0.15, -0.1) is 20.4 Å². The van der Waals surface area contributed by atoms with E-state index in [4.69, 9.17) is 0 Å². The van der Waals surface area contributed by atoms with E-state index in [2.05, 4.69) is 41.2 Å². The minimum atomic E-state index is 0.732. The van der Waals surface area contributed by atoms with Crippen LogP contribution in [-0.2, 0) is 0 Å². The second-order valence-electron chi connectivity index (χ2n) is 10.4. The van der Waals surface area contributed by atoms with Crippen LogP contribution in [0.2, 0.25) is 0 Å². The SMILES string of the molecule is c1cc2cc(c1)-c1cn(nn1)-c1cccc(c1)-c1cn(nn1)-c1cccc(c1)-n1cc(nn1)-c1cccc(c1)-n1cc-2nn1. The Kier molecular flexibility index (Phi) is 5.19. The van der Waals surface area contributed by atoms with E-state index in [-0.39, 0.29) is 0 Å². The summed E-state index contributed by atoms with van der Waals surface area (Å²) in [4.78, 5) is 0. The lowest BCUT2D eigenvalue weighted by Crippen LogP contribution is -1.99. The highest BCUT2D eigenvalue weighted by Crippen LogP contribution is 2.27. The summed E-state index contributed by atoms with van der Waals surface area (Å²) in [5.74, 6) is 0. The van der Waals surface area contributed by atoms with E-state index >= 15 is 0 Å². The van der Waals surface area contributed by atoms with Crippen LogP contribution in [0, 0.1) is 0 Å². The maximum absolute atomic E-state index is 4.46. The number of rotatable bonds is 0. The second-order valence-corrected chi connectivity index (χ2v) is 10.4. The van der Waals surface area contributed by atoms with Gasteiger partial charge in [-0.1, -0.05) is 69.4 Å². The highest BCUT2D eigenvalue weighted by molar-refractivity contribution is 5.69. The third-order valence-corrected chi connectivity index (χ3v) is 7.60. The van der Waals surface area contributed by atoms with Crippen LogP contribution in [0.15, 0.2) is 122 Å². The van der Waals surface area contributed by atoms with Crippen molar-refractivity contribution in [2.45, 2.75) is 0 Å². The van der Waals surface area contributed by atoms with E-state index < -0.39 is 0 Å². The van der Waals surface area contributed by atoms with Crippen molar-refractivity contribution >= 4 is 0 Å². The molecular weight excluding hydrogens is 552 g/mol. The Balaban J connectivity index is 1.21. The lowest BCUT2D eigenvalue weighted by Gasteiger charge is -2.05. The van der Waals surface area contributed by atoms with Gasteiger partial charge in [-0.3, -0.25) is 0 Å².